The Labute approximate surface area is 244 Å². The zero-order valence-electron chi connectivity index (χ0n) is 24.5. The molecule has 1 aliphatic heterocycles. The Kier molecular flexibility index (Phi) is 10.8. The number of imide groups is 1. The van der Waals surface area contributed by atoms with Gasteiger partial charge in [0.1, 0.15) is 12.6 Å². The van der Waals surface area contributed by atoms with Crippen LogP contribution in [0.1, 0.15) is 53.0 Å². The molecule has 3 amide bonds. The number of urea groups is 1. The van der Waals surface area contributed by atoms with Crippen LogP contribution in [0.25, 0.3) is 0 Å². The van der Waals surface area contributed by atoms with Crippen LogP contribution < -0.4 is 22.7 Å². The third kappa shape index (κ3) is 7.04. The van der Waals surface area contributed by atoms with Gasteiger partial charge in [-0.25, -0.2) is 9.59 Å². The van der Waals surface area contributed by atoms with E-state index in [1.807, 2.05) is 0 Å². The van der Waals surface area contributed by atoms with Gasteiger partial charge >= 0.3 is 23.9 Å². The van der Waals surface area contributed by atoms with Crippen molar-refractivity contribution in [1.29, 1.82) is 0 Å². The number of nitrogens with zero attached hydrogens (tertiary/aromatic N) is 4. The van der Waals surface area contributed by atoms with Gasteiger partial charge in [-0.1, -0.05) is 27.7 Å². The second-order valence-electron chi connectivity index (χ2n) is 11.2. The summed E-state index contributed by atoms with van der Waals surface area (Å²) in [6, 6.07) is -4.15. The Bertz CT molecular complexity index is 1400. The lowest BCUT2D eigenvalue weighted by Gasteiger charge is -2.41. The fraction of sp³-hybridized carbons (Fsp3) is 0.654. The maximum absolute atomic E-state index is 14.2. The van der Waals surface area contributed by atoms with Crippen LogP contribution in [-0.4, -0.2) is 83.9 Å². The molecule has 43 heavy (non-hydrogen) atoms. The van der Waals surface area contributed by atoms with Crippen LogP contribution in [0.15, 0.2) is 15.8 Å². The van der Waals surface area contributed by atoms with Crippen molar-refractivity contribution in [3.63, 3.8) is 0 Å². The smallest absolute Gasteiger partial charge is 0.452 e. The summed E-state index contributed by atoms with van der Waals surface area (Å²) in [7, 11) is 0. The number of rotatable bonds is 11. The van der Waals surface area contributed by atoms with Gasteiger partial charge in [-0.2, -0.15) is 13.2 Å². The van der Waals surface area contributed by atoms with Crippen molar-refractivity contribution >= 4 is 29.5 Å². The number of carbonyl (C=O) groups is 5. The minimum Gasteiger partial charge on any atom is -0.480 e. The quantitative estimate of drug-likeness (QED) is 0.284. The van der Waals surface area contributed by atoms with Crippen LogP contribution in [0, 0.1) is 11.8 Å². The monoisotopic (exact) mass is 618 g/mol. The largest absolute Gasteiger partial charge is 0.480 e. The second kappa shape index (κ2) is 13.2. The standard InChI is InChI=1S/C26H37F3N6O8/c1-13(2)19(20(39)26(27,28)29)35(24(43)33-8-6-7-15(33)5)22(41)25(31,14(3)4)17(36)11-34-21(40)16(9-30)10-32(23(34)42)12-18(37)38/h10,13-15,19H,6-9,11-12,30-31H2,1-5H3,(H,37,38)/t15-,19+,25-/m1/s1. The normalized spacial score (nSPS) is 17.6. The highest BCUT2D eigenvalue weighted by Gasteiger charge is 2.56. The molecule has 1 fully saturated rings. The lowest BCUT2D eigenvalue weighted by molar-refractivity contribution is -0.179. The number of nitrogens with two attached hydrogens (primary N) is 2. The SMILES string of the molecule is CC(C)[C@@H](C(=O)C(F)(F)F)N(C(=O)N1CCC[C@H]1C)C(=O)[C@](N)(C(=O)Cn1c(=O)c(CN)cn(CC(=O)O)c1=O)C(C)C. The molecular formula is C26H37F3N6O8. The molecule has 3 atom stereocenters. The van der Waals surface area contributed by atoms with E-state index in [0.717, 1.165) is 11.1 Å². The maximum Gasteiger partial charge on any atom is 0.452 e. The zero-order valence-corrected chi connectivity index (χ0v) is 24.5. The second-order valence-corrected chi connectivity index (χ2v) is 11.2. The molecule has 1 saturated heterocycles. The first-order valence-corrected chi connectivity index (χ1v) is 13.5. The molecule has 5 N–H and O–H groups in total. The number of amides is 3. The van der Waals surface area contributed by atoms with E-state index in [9.17, 15) is 46.7 Å². The van der Waals surface area contributed by atoms with Crippen LogP contribution in [-0.2, 0) is 38.8 Å². The van der Waals surface area contributed by atoms with Gasteiger partial charge in [-0.3, -0.25) is 38.0 Å². The van der Waals surface area contributed by atoms with Gasteiger partial charge in [0, 0.05) is 30.9 Å². The molecule has 0 spiro atoms. The predicted octanol–water partition coefficient (Wildman–Crippen LogP) is 0.0648. The number of alkyl halides is 3. The summed E-state index contributed by atoms with van der Waals surface area (Å²) in [5, 5.41) is 9.13. The minimum atomic E-state index is -5.46. The van der Waals surface area contributed by atoms with E-state index >= 15 is 0 Å². The average molecular weight is 619 g/mol. The Hall–Kier alpha value is -3.86. The molecular weight excluding hydrogens is 581 g/mol. The van der Waals surface area contributed by atoms with Gasteiger partial charge in [-0.05, 0) is 31.6 Å². The molecule has 0 aliphatic carbocycles. The number of aliphatic carboxylic acids is 1. The third-order valence-corrected chi connectivity index (χ3v) is 7.54. The van der Waals surface area contributed by atoms with E-state index in [1.165, 1.54) is 27.7 Å². The van der Waals surface area contributed by atoms with Gasteiger partial charge in [0.2, 0.25) is 0 Å². The molecule has 240 valence electrons. The van der Waals surface area contributed by atoms with Crippen LogP contribution in [0.2, 0.25) is 0 Å². The lowest BCUT2D eigenvalue weighted by atomic mass is 9.80. The highest BCUT2D eigenvalue weighted by atomic mass is 19.4. The first-order valence-electron chi connectivity index (χ1n) is 13.5. The molecule has 1 aliphatic rings. The van der Waals surface area contributed by atoms with E-state index in [0.29, 0.717) is 22.0 Å². The number of hydrogen-bond donors (Lipinski definition) is 3. The molecule has 17 heteroatoms. The van der Waals surface area contributed by atoms with Crippen molar-refractivity contribution in [2.24, 2.45) is 23.3 Å². The topological polar surface area (TPSA) is 208 Å². The van der Waals surface area contributed by atoms with E-state index in [4.69, 9.17) is 16.6 Å². The number of hydrogen-bond acceptors (Lipinski definition) is 9. The maximum atomic E-state index is 14.2. The Morgan fingerprint density at radius 3 is 2.09 bits per heavy atom. The van der Waals surface area contributed by atoms with Crippen molar-refractivity contribution < 1.29 is 42.3 Å². The van der Waals surface area contributed by atoms with Gasteiger partial charge in [0.05, 0.1) is 6.54 Å². The molecule has 1 aromatic heterocycles. The summed E-state index contributed by atoms with van der Waals surface area (Å²) in [4.78, 5) is 92.6. The zero-order chi connectivity index (χ0) is 33.2. The summed E-state index contributed by atoms with van der Waals surface area (Å²) < 4.78 is 42.2. The summed E-state index contributed by atoms with van der Waals surface area (Å²) >= 11 is 0. The van der Waals surface area contributed by atoms with Crippen molar-refractivity contribution in [2.75, 3.05) is 6.54 Å². The number of carboxylic acids is 1. The van der Waals surface area contributed by atoms with Gasteiger partial charge in [0.15, 0.2) is 11.3 Å². The number of ketones is 2. The fourth-order valence-electron chi connectivity index (χ4n) is 4.99. The molecule has 0 unspecified atom stereocenters. The predicted molar refractivity (Wildman–Crippen MR) is 145 cm³/mol. The van der Waals surface area contributed by atoms with Crippen LogP contribution in [0.3, 0.4) is 0 Å². The Morgan fingerprint density at radius 1 is 1.09 bits per heavy atom. The summed E-state index contributed by atoms with van der Waals surface area (Å²) in [5.74, 6) is -9.34. The van der Waals surface area contributed by atoms with Crippen LogP contribution in [0.5, 0.6) is 0 Å². The highest BCUT2D eigenvalue weighted by molar-refractivity contribution is 6.16. The highest BCUT2D eigenvalue weighted by Crippen LogP contribution is 2.31. The number of halogens is 3. The van der Waals surface area contributed by atoms with Gasteiger partial charge < -0.3 is 21.5 Å². The lowest BCUT2D eigenvalue weighted by Crippen LogP contribution is -2.70. The number of likely N-dealkylation sites (tertiary alicyclic amines) is 1. The van der Waals surface area contributed by atoms with Crippen molar-refractivity contribution in [3.05, 3.63) is 32.6 Å². The number of carbonyl (C=O) groups excluding carboxylic acids is 4. The molecule has 2 heterocycles. The summed E-state index contributed by atoms with van der Waals surface area (Å²) in [6.07, 6.45) is -3.63. The van der Waals surface area contributed by atoms with E-state index in [-0.39, 0.29) is 17.0 Å². The molecule has 0 radical (unpaired) electrons. The molecule has 0 aromatic carbocycles. The molecule has 14 nitrogen and oxygen atoms in total. The molecule has 2 rings (SSSR count). The molecule has 1 aromatic rings. The van der Waals surface area contributed by atoms with Crippen molar-refractivity contribution in [2.45, 2.75) is 90.9 Å². The van der Waals surface area contributed by atoms with Crippen LogP contribution in [0.4, 0.5) is 18.0 Å². The van der Waals surface area contributed by atoms with Crippen LogP contribution >= 0.6 is 0 Å². The Balaban J connectivity index is 2.76. The third-order valence-electron chi connectivity index (χ3n) is 7.54. The first kappa shape index (κ1) is 35.3. The Morgan fingerprint density at radius 2 is 1.67 bits per heavy atom. The van der Waals surface area contributed by atoms with Crippen molar-refractivity contribution in [1.82, 2.24) is 18.9 Å². The van der Waals surface area contributed by atoms with E-state index in [2.05, 4.69) is 0 Å². The first-order chi connectivity index (χ1) is 19.7. The molecule has 0 saturated carbocycles. The summed E-state index contributed by atoms with van der Waals surface area (Å²) in [6.45, 7) is 3.97. The van der Waals surface area contributed by atoms with E-state index < -0.39 is 96.0 Å². The minimum absolute atomic E-state index is 0.0619. The van der Waals surface area contributed by atoms with Gasteiger partial charge in [0.25, 0.3) is 17.2 Å². The van der Waals surface area contributed by atoms with E-state index in [1.54, 1.807) is 6.92 Å². The number of aromatic nitrogens is 2. The number of Topliss-reactive ketones (excluding diaryl/α,β-unsaturated/α-hetero) is 2. The number of carboxylic acid groups (broad SMARTS) is 1. The summed E-state index contributed by atoms with van der Waals surface area (Å²) in [5.41, 5.74) is 6.44. The average Bonchev–Trinajstić information content (AvgIpc) is 3.33. The molecule has 0 bridgehead atoms. The fourth-order valence-corrected chi connectivity index (χ4v) is 4.99. The van der Waals surface area contributed by atoms with Gasteiger partial charge in [-0.15, -0.1) is 0 Å². The van der Waals surface area contributed by atoms with Crippen molar-refractivity contribution in [3.8, 4) is 0 Å².